The Labute approximate surface area is 83.3 Å². The van der Waals surface area contributed by atoms with Crippen LogP contribution in [0.3, 0.4) is 0 Å². The molecule has 2 heterocycles. The Morgan fingerprint density at radius 2 is 2.29 bits per heavy atom. The van der Waals surface area contributed by atoms with Gasteiger partial charge in [-0.1, -0.05) is 0 Å². The summed E-state index contributed by atoms with van der Waals surface area (Å²) in [6.45, 7) is 1.95. The van der Waals surface area contributed by atoms with E-state index >= 15 is 0 Å². The molecule has 0 bridgehead atoms. The molecule has 0 aromatic heterocycles. The third-order valence-corrected chi connectivity index (χ3v) is 2.84. The fourth-order valence-electron chi connectivity index (χ4n) is 2.11. The van der Waals surface area contributed by atoms with E-state index in [0.717, 1.165) is 6.42 Å². The van der Waals surface area contributed by atoms with Crippen molar-refractivity contribution in [3.63, 3.8) is 0 Å². The largest absolute Gasteiger partial charge is 0.454 e. The van der Waals surface area contributed by atoms with Gasteiger partial charge in [0.2, 0.25) is 0 Å². The van der Waals surface area contributed by atoms with Gasteiger partial charge in [0, 0.05) is 14.1 Å². The van der Waals surface area contributed by atoms with Crippen LogP contribution in [0.2, 0.25) is 0 Å². The van der Waals surface area contributed by atoms with Crippen LogP contribution in [0.5, 0.6) is 0 Å². The number of amidine groups is 1. The fourth-order valence-corrected chi connectivity index (χ4v) is 2.11. The first-order valence-electron chi connectivity index (χ1n) is 4.83. The quantitative estimate of drug-likeness (QED) is 0.588. The van der Waals surface area contributed by atoms with Crippen LogP contribution < -0.4 is 0 Å². The molecule has 5 nitrogen and oxygen atoms in total. The topological polar surface area (TPSA) is 54.3 Å². The number of fused-ring (bicyclic) bond motifs is 1. The molecule has 4 atom stereocenters. The maximum Gasteiger partial charge on any atom is 0.287 e. The van der Waals surface area contributed by atoms with Gasteiger partial charge in [-0.3, -0.25) is 0 Å². The average molecular weight is 200 g/mol. The van der Waals surface area contributed by atoms with Crippen LogP contribution in [-0.2, 0) is 9.47 Å². The van der Waals surface area contributed by atoms with Gasteiger partial charge in [0.05, 0.1) is 12.1 Å². The van der Waals surface area contributed by atoms with Crippen molar-refractivity contribution in [2.24, 2.45) is 4.99 Å². The molecule has 2 aliphatic rings. The molecule has 0 aromatic rings. The van der Waals surface area contributed by atoms with Crippen molar-refractivity contribution in [1.29, 1.82) is 0 Å². The standard InChI is InChI=1S/C9H16N2O3/c1-5-4-6-7(8(12)13-5)14-9(10-2)11(6)3/h5-8,12H,4H2,1-3H3/b10-9-/t5-,6?,7-,8?/m1/s1. The summed E-state index contributed by atoms with van der Waals surface area (Å²) >= 11 is 0. The minimum absolute atomic E-state index is 0.0634. The molecule has 2 aliphatic heterocycles. The first kappa shape index (κ1) is 9.73. The molecule has 2 saturated heterocycles. The van der Waals surface area contributed by atoms with E-state index in [1.165, 1.54) is 0 Å². The summed E-state index contributed by atoms with van der Waals surface area (Å²) < 4.78 is 10.8. The second kappa shape index (κ2) is 3.40. The van der Waals surface area contributed by atoms with E-state index in [2.05, 4.69) is 4.99 Å². The highest BCUT2D eigenvalue weighted by Gasteiger charge is 2.46. The van der Waals surface area contributed by atoms with E-state index in [-0.39, 0.29) is 18.2 Å². The van der Waals surface area contributed by atoms with Gasteiger partial charge in [0.25, 0.3) is 6.02 Å². The second-order valence-electron chi connectivity index (χ2n) is 3.84. The van der Waals surface area contributed by atoms with Crippen molar-refractivity contribution in [3.8, 4) is 0 Å². The lowest BCUT2D eigenvalue weighted by molar-refractivity contribution is -0.209. The zero-order valence-corrected chi connectivity index (χ0v) is 8.67. The number of nitrogens with zero attached hydrogens (tertiary/aromatic N) is 2. The Bertz CT molecular complexity index is 256. The summed E-state index contributed by atoms with van der Waals surface area (Å²) in [4.78, 5) is 5.97. The summed E-state index contributed by atoms with van der Waals surface area (Å²) in [5, 5.41) is 9.65. The molecule has 2 rings (SSSR count). The van der Waals surface area contributed by atoms with Crippen LogP contribution >= 0.6 is 0 Å². The molecular weight excluding hydrogens is 184 g/mol. The highest BCUT2D eigenvalue weighted by Crippen LogP contribution is 2.30. The van der Waals surface area contributed by atoms with E-state index in [9.17, 15) is 5.11 Å². The fraction of sp³-hybridized carbons (Fsp3) is 0.889. The zero-order chi connectivity index (χ0) is 10.3. The lowest BCUT2D eigenvalue weighted by Crippen LogP contribution is -2.49. The highest BCUT2D eigenvalue weighted by atomic mass is 16.6. The van der Waals surface area contributed by atoms with Gasteiger partial charge >= 0.3 is 0 Å². The Hall–Kier alpha value is -0.810. The Morgan fingerprint density at radius 3 is 2.93 bits per heavy atom. The van der Waals surface area contributed by atoms with Crippen molar-refractivity contribution < 1.29 is 14.6 Å². The van der Waals surface area contributed by atoms with Crippen LogP contribution in [0.15, 0.2) is 4.99 Å². The first-order chi connectivity index (χ1) is 6.63. The molecule has 0 aromatic carbocycles. The second-order valence-corrected chi connectivity index (χ2v) is 3.84. The first-order valence-corrected chi connectivity index (χ1v) is 4.83. The Morgan fingerprint density at radius 1 is 1.57 bits per heavy atom. The van der Waals surface area contributed by atoms with E-state index in [4.69, 9.17) is 9.47 Å². The van der Waals surface area contributed by atoms with Gasteiger partial charge in [-0.15, -0.1) is 0 Å². The Balaban J connectivity index is 2.18. The summed E-state index contributed by atoms with van der Waals surface area (Å²) in [5.74, 6) is 0. The normalized spacial score (nSPS) is 45.1. The third-order valence-electron chi connectivity index (χ3n) is 2.84. The molecule has 14 heavy (non-hydrogen) atoms. The van der Waals surface area contributed by atoms with Gasteiger partial charge in [-0.2, -0.15) is 0 Å². The van der Waals surface area contributed by atoms with Gasteiger partial charge in [-0.25, -0.2) is 4.99 Å². The van der Waals surface area contributed by atoms with Crippen molar-refractivity contribution in [2.75, 3.05) is 14.1 Å². The minimum atomic E-state index is -0.842. The van der Waals surface area contributed by atoms with Crippen LogP contribution in [0.4, 0.5) is 0 Å². The summed E-state index contributed by atoms with van der Waals surface area (Å²) in [5.41, 5.74) is 0. The van der Waals surface area contributed by atoms with E-state index in [0.29, 0.717) is 6.02 Å². The van der Waals surface area contributed by atoms with E-state index in [1.54, 1.807) is 7.05 Å². The average Bonchev–Trinajstić information content (AvgIpc) is 2.44. The molecule has 80 valence electrons. The molecule has 2 unspecified atom stereocenters. The number of hydrogen-bond donors (Lipinski definition) is 1. The zero-order valence-electron chi connectivity index (χ0n) is 8.67. The summed E-state index contributed by atoms with van der Waals surface area (Å²) in [7, 11) is 3.61. The van der Waals surface area contributed by atoms with Crippen molar-refractivity contribution in [2.45, 2.75) is 37.9 Å². The molecule has 0 spiro atoms. The number of hydrogen-bond acceptors (Lipinski definition) is 4. The van der Waals surface area contributed by atoms with Crippen LogP contribution in [0, 0.1) is 0 Å². The summed E-state index contributed by atoms with van der Waals surface area (Å²) in [6, 6.07) is 0.754. The number of aliphatic imine (C=N–C) groups is 1. The molecule has 0 aliphatic carbocycles. The SMILES string of the molecule is C/N=C1\O[C@H]2C(O)O[C@H](C)CC2N1C. The number of ether oxygens (including phenoxy) is 2. The molecular formula is C9H16N2O3. The highest BCUT2D eigenvalue weighted by molar-refractivity contribution is 5.76. The van der Waals surface area contributed by atoms with Crippen LogP contribution in [-0.4, -0.2) is 54.7 Å². The van der Waals surface area contributed by atoms with E-state index in [1.807, 2.05) is 18.9 Å². The van der Waals surface area contributed by atoms with E-state index < -0.39 is 6.29 Å². The lowest BCUT2D eigenvalue weighted by Gasteiger charge is -2.34. The van der Waals surface area contributed by atoms with Crippen molar-refractivity contribution in [3.05, 3.63) is 0 Å². The maximum atomic E-state index is 9.65. The number of aliphatic hydroxyl groups is 1. The summed E-state index contributed by atoms with van der Waals surface area (Å²) in [6.07, 6.45) is -0.217. The molecule has 2 fully saturated rings. The minimum Gasteiger partial charge on any atom is -0.454 e. The molecule has 0 radical (unpaired) electrons. The smallest absolute Gasteiger partial charge is 0.287 e. The number of rotatable bonds is 0. The predicted octanol–water partition coefficient (Wildman–Crippen LogP) is -0.201. The molecule has 1 N–H and O–H groups in total. The maximum absolute atomic E-state index is 9.65. The molecule has 0 amide bonds. The van der Waals surface area contributed by atoms with Crippen molar-refractivity contribution in [1.82, 2.24) is 4.90 Å². The molecule has 5 heteroatoms. The number of aliphatic hydroxyl groups excluding tert-OH is 1. The Kier molecular flexibility index (Phi) is 2.36. The molecule has 0 saturated carbocycles. The third kappa shape index (κ3) is 1.36. The van der Waals surface area contributed by atoms with Crippen LogP contribution in [0.25, 0.3) is 0 Å². The van der Waals surface area contributed by atoms with Crippen molar-refractivity contribution >= 4 is 6.02 Å². The van der Waals surface area contributed by atoms with Gasteiger partial charge in [0.1, 0.15) is 0 Å². The lowest BCUT2D eigenvalue weighted by atomic mass is 10.0. The predicted molar refractivity (Wildman–Crippen MR) is 51.0 cm³/mol. The monoisotopic (exact) mass is 200 g/mol. The van der Waals surface area contributed by atoms with Gasteiger partial charge in [0.15, 0.2) is 12.4 Å². The number of likely N-dealkylation sites (N-methyl/N-ethyl adjacent to an activating group) is 1. The van der Waals surface area contributed by atoms with Gasteiger partial charge < -0.3 is 19.5 Å². The van der Waals surface area contributed by atoms with Crippen LogP contribution in [0.1, 0.15) is 13.3 Å². The van der Waals surface area contributed by atoms with Gasteiger partial charge in [-0.05, 0) is 13.3 Å².